The molecule has 2 heteroatoms. The van der Waals surface area contributed by atoms with Crippen LogP contribution in [-0.2, 0) is 4.79 Å². The van der Waals surface area contributed by atoms with Gasteiger partial charge >= 0.3 is 0 Å². The first-order chi connectivity index (χ1) is 10.9. The zero-order valence-electron chi connectivity index (χ0n) is 14.6. The fraction of sp³-hybridized carbons (Fsp3) is 0.667. The topological polar surface area (TPSA) is 37.3 Å². The van der Waals surface area contributed by atoms with E-state index in [9.17, 15) is 9.90 Å². The van der Waals surface area contributed by atoms with Crippen molar-refractivity contribution in [1.29, 1.82) is 0 Å². The van der Waals surface area contributed by atoms with Crippen molar-refractivity contribution in [2.24, 2.45) is 17.3 Å². The Labute approximate surface area is 140 Å². The van der Waals surface area contributed by atoms with Gasteiger partial charge in [-0.25, -0.2) is 0 Å². The standard InChI is InChI=1S/C21H30O2/c1-14-6-9-18(23)13-17(14)8-7-16-5-4-12-21(3)19(15(2)22)10-11-20(16)21/h7-8,18-20,23H,1,4-6,9-13H2,2-3H3/b16-7+,17-8+/t18-,19+,20-,21+/m0/s1. The lowest BCUT2D eigenvalue weighted by atomic mass is 9.63. The van der Waals surface area contributed by atoms with Crippen LogP contribution in [0.15, 0.2) is 35.5 Å². The number of hydrogen-bond acceptors (Lipinski definition) is 2. The Hall–Kier alpha value is -1.15. The van der Waals surface area contributed by atoms with Crippen LogP contribution < -0.4 is 0 Å². The minimum Gasteiger partial charge on any atom is -0.393 e. The van der Waals surface area contributed by atoms with Crippen molar-refractivity contribution < 1.29 is 9.90 Å². The van der Waals surface area contributed by atoms with Crippen LogP contribution in [0.4, 0.5) is 0 Å². The second-order valence-electron chi connectivity index (χ2n) is 8.09. The second-order valence-corrected chi connectivity index (χ2v) is 8.09. The monoisotopic (exact) mass is 314 g/mol. The molecule has 0 saturated heterocycles. The number of allylic oxidation sites excluding steroid dienone is 4. The van der Waals surface area contributed by atoms with Gasteiger partial charge in [0, 0.05) is 5.92 Å². The van der Waals surface area contributed by atoms with Gasteiger partial charge in [-0.2, -0.15) is 0 Å². The molecule has 0 aromatic rings. The molecule has 3 aliphatic carbocycles. The maximum Gasteiger partial charge on any atom is 0.133 e. The number of rotatable bonds is 2. The maximum absolute atomic E-state index is 12.0. The number of fused-ring (bicyclic) bond motifs is 1. The zero-order valence-corrected chi connectivity index (χ0v) is 14.6. The number of ketones is 1. The molecule has 0 aromatic heterocycles. The van der Waals surface area contributed by atoms with Gasteiger partial charge in [0.2, 0.25) is 0 Å². The maximum atomic E-state index is 12.0. The number of carbonyl (C=O) groups excluding carboxylic acids is 1. The average molecular weight is 314 g/mol. The predicted octanol–water partition coefficient (Wildman–Crippen LogP) is 4.75. The molecule has 3 rings (SSSR count). The Balaban J connectivity index is 1.83. The summed E-state index contributed by atoms with van der Waals surface area (Å²) < 4.78 is 0. The highest BCUT2D eigenvalue weighted by Gasteiger charge is 2.50. The van der Waals surface area contributed by atoms with Crippen LogP contribution >= 0.6 is 0 Å². The molecule has 0 unspecified atom stereocenters. The van der Waals surface area contributed by atoms with E-state index < -0.39 is 0 Å². The van der Waals surface area contributed by atoms with Crippen LogP contribution in [0.5, 0.6) is 0 Å². The van der Waals surface area contributed by atoms with Crippen LogP contribution in [0.3, 0.4) is 0 Å². The van der Waals surface area contributed by atoms with E-state index in [2.05, 4.69) is 25.7 Å². The Morgan fingerprint density at radius 3 is 2.78 bits per heavy atom. The molecule has 3 saturated carbocycles. The van der Waals surface area contributed by atoms with E-state index in [-0.39, 0.29) is 17.4 Å². The summed E-state index contributed by atoms with van der Waals surface area (Å²) >= 11 is 0. The van der Waals surface area contributed by atoms with Gasteiger partial charge < -0.3 is 5.11 Å². The van der Waals surface area contributed by atoms with Gasteiger partial charge in [-0.05, 0) is 75.2 Å². The van der Waals surface area contributed by atoms with Gasteiger partial charge in [0.15, 0.2) is 0 Å². The van der Waals surface area contributed by atoms with Gasteiger partial charge in [-0.15, -0.1) is 0 Å². The molecular weight excluding hydrogens is 284 g/mol. The lowest BCUT2D eigenvalue weighted by molar-refractivity contribution is -0.124. The molecule has 0 aliphatic heterocycles. The highest BCUT2D eigenvalue weighted by atomic mass is 16.3. The number of aliphatic hydroxyl groups excluding tert-OH is 1. The Morgan fingerprint density at radius 1 is 1.26 bits per heavy atom. The van der Waals surface area contributed by atoms with Crippen LogP contribution in [0.25, 0.3) is 0 Å². The molecule has 3 fully saturated rings. The summed E-state index contributed by atoms with van der Waals surface area (Å²) in [5, 5.41) is 9.88. The van der Waals surface area contributed by atoms with Gasteiger partial charge in [-0.1, -0.05) is 36.8 Å². The number of hydrogen-bond donors (Lipinski definition) is 1. The van der Waals surface area contributed by atoms with E-state index in [0.717, 1.165) is 38.5 Å². The first kappa shape index (κ1) is 16.7. The van der Waals surface area contributed by atoms with Crippen molar-refractivity contribution in [2.45, 2.75) is 71.3 Å². The molecule has 2 nitrogen and oxygen atoms in total. The van der Waals surface area contributed by atoms with Gasteiger partial charge in [0.25, 0.3) is 0 Å². The molecule has 0 amide bonds. The molecule has 1 N–H and O–H groups in total. The van der Waals surface area contributed by atoms with Crippen molar-refractivity contribution in [3.05, 3.63) is 35.5 Å². The number of Topliss-reactive ketones (excluding diaryl/α,β-unsaturated/α-hetero) is 1. The highest BCUT2D eigenvalue weighted by molar-refractivity contribution is 5.79. The Morgan fingerprint density at radius 2 is 2.04 bits per heavy atom. The van der Waals surface area contributed by atoms with Crippen LogP contribution in [0.2, 0.25) is 0 Å². The fourth-order valence-corrected chi connectivity index (χ4v) is 5.30. The quantitative estimate of drug-likeness (QED) is 0.799. The largest absolute Gasteiger partial charge is 0.393 e. The molecule has 4 atom stereocenters. The Kier molecular flexibility index (Phi) is 4.64. The summed E-state index contributed by atoms with van der Waals surface area (Å²) in [7, 11) is 0. The number of carbonyl (C=O) groups is 1. The van der Waals surface area contributed by atoms with E-state index in [4.69, 9.17) is 0 Å². The van der Waals surface area contributed by atoms with Crippen LogP contribution in [0, 0.1) is 17.3 Å². The molecule has 0 heterocycles. The lowest BCUT2D eigenvalue weighted by Crippen LogP contribution is -2.36. The van der Waals surface area contributed by atoms with Crippen molar-refractivity contribution >= 4 is 5.78 Å². The van der Waals surface area contributed by atoms with Crippen LogP contribution in [-0.4, -0.2) is 17.0 Å². The molecule has 23 heavy (non-hydrogen) atoms. The summed E-state index contributed by atoms with van der Waals surface area (Å²) in [6, 6.07) is 0. The smallest absolute Gasteiger partial charge is 0.133 e. The zero-order chi connectivity index (χ0) is 16.6. The Bertz CT molecular complexity index is 568. The van der Waals surface area contributed by atoms with Crippen molar-refractivity contribution in [3.63, 3.8) is 0 Å². The van der Waals surface area contributed by atoms with E-state index >= 15 is 0 Å². The summed E-state index contributed by atoms with van der Waals surface area (Å²) in [6.07, 6.45) is 12.5. The second kappa shape index (κ2) is 6.39. The van der Waals surface area contributed by atoms with E-state index in [0.29, 0.717) is 11.7 Å². The normalized spacial score (nSPS) is 41.3. The summed E-state index contributed by atoms with van der Waals surface area (Å²) in [6.45, 7) is 8.26. The summed E-state index contributed by atoms with van der Waals surface area (Å²) in [5.41, 5.74) is 4.07. The van der Waals surface area contributed by atoms with Gasteiger partial charge in [-0.3, -0.25) is 4.79 Å². The molecule has 0 aromatic carbocycles. The molecule has 0 radical (unpaired) electrons. The number of aliphatic hydroxyl groups is 1. The minimum absolute atomic E-state index is 0.164. The van der Waals surface area contributed by atoms with Crippen molar-refractivity contribution in [3.8, 4) is 0 Å². The predicted molar refractivity (Wildman–Crippen MR) is 94.0 cm³/mol. The molecule has 126 valence electrons. The third kappa shape index (κ3) is 3.10. The third-order valence-electron chi connectivity index (χ3n) is 6.64. The van der Waals surface area contributed by atoms with Gasteiger partial charge in [0.05, 0.1) is 6.10 Å². The first-order valence-corrected chi connectivity index (χ1v) is 9.18. The minimum atomic E-state index is -0.213. The molecular formula is C21H30O2. The average Bonchev–Trinajstić information content (AvgIpc) is 2.86. The van der Waals surface area contributed by atoms with E-state index in [1.54, 1.807) is 6.92 Å². The first-order valence-electron chi connectivity index (χ1n) is 9.18. The third-order valence-corrected chi connectivity index (χ3v) is 6.64. The molecule has 0 spiro atoms. The van der Waals surface area contributed by atoms with Crippen molar-refractivity contribution in [1.82, 2.24) is 0 Å². The highest BCUT2D eigenvalue weighted by Crippen LogP contribution is 2.57. The molecule has 3 aliphatic rings. The molecule has 0 bridgehead atoms. The summed E-state index contributed by atoms with van der Waals surface area (Å²) in [4.78, 5) is 12.0. The van der Waals surface area contributed by atoms with Crippen LogP contribution in [0.1, 0.15) is 65.2 Å². The fourth-order valence-electron chi connectivity index (χ4n) is 5.30. The SMILES string of the molecule is C=C1CC[C@H](O)C/C1=C\C=C1/CCC[C@]2(C)[C@@H](C(C)=O)CC[C@@H]12. The van der Waals surface area contributed by atoms with Crippen molar-refractivity contribution in [2.75, 3.05) is 0 Å². The summed E-state index contributed by atoms with van der Waals surface area (Å²) in [5.74, 6) is 1.18. The van der Waals surface area contributed by atoms with E-state index in [1.807, 2.05) is 0 Å². The van der Waals surface area contributed by atoms with Gasteiger partial charge in [0.1, 0.15) is 5.78 Å². The lowest BCUT2D eigenvalue weighted by Gasteiger charge is -2.41. The van der Waals surface area contributed by atoms with E-state index in [1.165, 1.54) is 29.6 Å².